The molecule has 1 aromatic heterocycles. The highest BCUT2D eigenvalue weighted by atomic mass is 16.5. The maximum absolute atomic E-state index is 8.27. The summed E-state index contributed by atoms with van der Waals surface area (Å²) in [5.41, 5.74) is 1.93. The normalized spacial score (nSPS) is 8.71. The van der Waals surface area contributed by atoms with Crippen LogP contribution in [0.5, 0.6) is 0 Å². The van der Waals surface area contributed by atoms with Crippen LogP contribution in [0.2, 0.25) is 0 Å². The van der Waals surface area contributed by atoms with Crippen molar-refractivity contribution >= 4 is 5.95 Å². The SMILES string of the molecule is Cn1ccnc1NO.c1ccccc1. The van der Waals surface area contributed by atoms with Gasteiger partial charge in [0.05, 0.1) is 0 Å². The van der Waals surface area contributed by atoms with Crippen LogP contribution in [0.4, 0.5) is 5.95 Å². The molecule has 0 aliphatic carbocycles. The quantitative estimate of drug-likeness (QED) is 0.677. The van der Waals surface area contributed by atoms with Crippen LogP contribution in [-0.2, 0) is 7.05 Å². The summed E-state index contributed by atoms with van der Waals surface area (Å²) in [6.45, 7) is 0. The molecule has 0 fully saturated rings. The molecule has 0 radical (unpaired) electrons. The van der Waals surface area contributed by atoms with Gasteiger partial charge < -0.3 is 4.57 Å². The molecule has 0 amide bonds. The molecule has 74 valence electrons. The lowest BCUT2D eigenvalue weighted by atomic mass is 10.4. The topological polar surface area (TPSA) is 50.1 Å². The third-order valence-corrected chi connectivity index (χ3v) is 1.59. The third kappa shape index (κ3) is 3.28. The molecule has 0 bridgehead atoms. The fraction of sp³-hybridized carbons (Fsp3) is 0.100. The van der Waals surface area contributed by atoms with Gasteiger partial charge in [-0.2, -0.15) is 0 Å². The zero-order valence-electron chi connectivity index (χ0n) is 7.96. The Bertz CT molecular complexity index is 319. The van der Waals surface area contributed by atoms with Crippen molar-refractivity contribution in [3.8, 4) is 0 Å². The van der Waals surface area contributed by atoms with E-state index in [0.29, 0.717) is 5.95 Å². The lowest BCUT2D eigenvalue weighted by Gasteiger charge is -1.94. The van der Waals surface area contributed by atoms with E-state index in [9.17, 15) is 0 Å². The maximum Gasteiger partial charge on any atom is 0.226 e. The van der Waals surface area contributed by atoms with E-state index in [1.54, 1.807) is 24.0 Å². The standard InChI is InChI=1S/C6H6.C4H7N3O/c1-2-4-6-5-3-1;1-7-3-2-5-4(7)6-8/h1-6H;2-3,8H,1H3,(H,5,6). The van der Waals surface area contributed by atoms with E-state index in [1.807, 2.05) is 41.9 Å². The summed E-state index contributed by atoms with van der Waals surface area (Å²) in [6, 6.07) is 12.0. The summed E-state index contributed by atoms with van der Waals surface area (Å²) in [6.07, 6.45) is 3.33. The molecule has 2 aromatic rings. The molecule has 0 aliphatic rings. The smallest absolute Gasteiger partial charge is 0.226 e. The summed E-state index contributed by atoms with van der Waals surface area (Å²) in [5.74, 6) is 0.449. The van der Waals surface area contributed by atoms with Crippen molar-refractivity contribution in [2.24, 2.45) is 7.05 Å². The number of imidazole rings is 1. The molecule has 0 unspecified atom stereocenters. The Balaban J connectivity index is 0.000000146. The van der Waals surface area contributed by atoms with Gasteiger partial charge in [-0.1, -0.05) is 36.4 Å². The lowest BCUT2D eigenvalue weighted by molar-refractivity contribution is 0.380. The number of nitrogens with one attached hydrogen (secondary N) is 1. The van der Waals surface area contributed by atoms with Crippen LogP contribution < -0.4 is 5.48 Å². The van der Waals surface area contributed by atoms with Crippen molar-refractivity contribution in [1.82, 2.24) is 9.55 Å². The first-order chi connectivity index (χ1) is 6.84. The molecule has 0 saturated heterocycles. The van der Waals surface area contributed by atoms with Crippen LogP contribution >= 0.6 is 0 Å². The van der Waals surface area contributed by atoms with Crippen LogP contribution in [0.1, 0.15) is 0 Å². The Hall–Kier alpha value is -1.81. The summed E-state index contributed by atoms with van der Waals surface area (Å²) in [4.78, 5) is 3.74. The van der Waals surface area contributed by atoms with Crippen LogP contribution in [-0.4, -0.2) is 14.8 Å². The lowest BCUT2D eigenvalue weighted by Crippen LogP contribution is -1.97. The second kappa shape index (κ2) is 5.77. The van der Waals surface area contributed by atoms with E-state index in [4.69, 9.17) is 5.21 Å². The first-order valence-corrected chi connectivity index (χ1v) is 4.22. The van der Waals surface area contributed by atoms with Gasteiger partial charge in [-0.15, -0.1) is 0 Å². The van der Waals surface area contributed by atoms with E-state index in [1.165, 1.54) is 0 Å². The van der Waals surface area contributed by atoms with Gasteiger partial charge in [0.1, 0.15) is 0 Å². The van der Waals surface area contributed by atoms with Gasteiger partial charge in [0, 0.05) is 19.4 Å². The number of benzene rings is 1. The average molecular weight is 191 g/mol. The van der Waals surface area contributed by atoms with Crippen LogP contribution in [0, 0.1) is 0 Å². The predicted molar refractivity (Wildman–Crippen MR) is 55.1 cm³/mol. The second-order valence-corrected chi connectivity index (χ2v) is 2.63. The van der Waals surface area contributed by atoms with Crippen molar-refractivity contribution in [2.75, 3.05) is 5.48 Å². The van der Waals surface area contributed by atoms with E-state index in [0.717, 1.165) is 0 Å². The molecule has 0 spiro atoms. The van der Waals surface area contributed by atoms with Gasteiger partial charge >= 0.3 is 0 Å². The molecule has 2 rings (SSSR count). The van der Waals surface area contributed by atoms with Crippen LogP contribution in [0.3, 0.4) is 0 Å². The number of nitrogens with zero attached hydrogens (tertiary/aromatic N) is 2. The summed E-state index contributed by atoms with van der Waals surface area (Å²) < 4.78 is 1.67. The van der Waals surface area contributed by atoms with E-state index in [-0.39, 0.29) is 0 Å². The first kappa shape index (κ1) is 10.3. The monoisotopic (exact) mass is 191 g/mol. The molecule has 4 heteroatoms. The highest BCUT2D eigenvalue weighted by Crippen LogP contribution is 1.96. The highest BCUT2D eigenvalue weighted by molar-refractivity contribution is 5.20. The summed E-state index contributed by atoms with van der Waals surface area (Å²) >= 11 is 0. The number of aromatic nitrogens is 2. The molecular weight excluding hydrogens is 178 g/mol. The molecule has 0 aliphatic heterocycles. The number of aryl methyl sites for hydroxylation is 1. The van der Waals surface area contributed by atoms with E-state index < -0.39 is 0 Å². The van der Waals surface area contributed by atoms with Crippen molar-refractivity contribution in [1.29, 1.82) is 0 Å². The maximum atomic E-state index is 8.27. The van der Waals surface area contributed by atoms with Crippen molar-refractivity contribution in [3.63, 3.8) is 0 Å². The van der Waals surface area contributed by atoms with E-state index >= 15 is 0 Å². The van der Waals surface area contributed by atoms with Crippen molar-refractivity contribution in [3.05, 3.63) is 48.8 Å². The first-order valence-electron chi connectivity index (χ1n) is 4.22. The predicted octanol–water partition coefficient (Wildman–Crippen LogP) is 1.91. The fourth-order valence-electron chi connectivity index (χ4n) is 0.858. The van der Waals surface area contributed by atoms with Gasteiger partial charge in [-0.25, -0.2) is 10.5 Å². The average Bonchev–Trinajstić information content (AvgIpc) is 2.67. The molecule has 2 N–H and O–H groups in total. The van der Waals surface area contributed by atoms with E-state index in [2.05, 4.69) is 4.98 Å². The van der Waals surface area contributed by atoms with Crippen molar-refractivity contribution in [2.45, 2.75) is 0 Å². The van der Waals surface area contributed by atoms with Gasteiger partial charge in [0.2, 0.25) is 5.95 Å². The minimum atomic E-state index is 0.449. The highest BCUT2D eigenvalue weighted by Gasteiger charge is 1.90. The number of anilines is 1. The third-order valence-electron chi connectivity index (χ3n) is 1.59. The van der Waals surface area contributed by atoms with Crippen LogP contribution in [0.25, 0.3) is 0 Å². The number of hydrogen-bond acceptors (Lipinski definition) is 3. The van der Waals surface area contributed by atoms with Gasteiger partial charge in [-0.3, -0.25) is 5.21 Å². The van der Waals surface area contributed by atoms with Gasteiger partial charge in [0.15, 0.2) is 0 Å². The molecule has 1 aromatic carbocycles. The Morgan fingerprint density at radius 2 is 1.64 bits per heavy atom. The molecule has 14 heavy (non-hydrogen) atoms. The Morgan fingerprint density at radius 1 is 1.14 bits per heavy atom. The Labute approximate surface area is 82.8 Å². The zero-order chi connectivity index (χ0) is 10.2. The Morgan fingerprint density at radius 3 is 1.86 bits per heavy atom. The molecule has 0 saturated carbocycles. The second-order valence-electron chi connectivity index (χ2n) is 2.63. The summed E-state index contributed by atoms with van der Waals surface area (Å²) in [7, 11) is 1.78. The molecular formula is C10H13N3O. The summed E-state index contributed by atoms with van der Waals surface area (Å²) in [5, 5.41) is 8.27. The number of rotatable bonds is 1. The number of hydrogen-bond donors (Lipinski definition) is 2. The molecule has 1 heterocycles. The largest absolute Gasteiger partial charge is 0.319 e. The van der Waals surface area contributed by atoms with Gasteiger partial charge in [0.25, 0.3) is 0 Å². The molecule has 4 nitrogen and oxygen atoms in total. The van der Waals surface area contributed by atoms with Crippen LogP contribution in [0.15, 0.2) is 48.8 Å². The zero-order valence-corrected chi connectivity index (χ0v) is 7.96. The van der Waals surface area contributed by atoms with Crippen molar-refractivity contribution < 1.29 is 5.21 Å². The molecule has 0 atom stereocenters. The minimum absolute atomic E-state index is 0.449. The minimum Gasteiger partial charge on any atom is -0.319 e. The Kier molecular flexibility index (Phi) is 4.23. The van der Waals surface area contributed by atoms with Gasteiger partial charge in [-0.05, 0) is 0 Å². The fourth-order valence-corrected chi connectivity index (χ4v) is 0.858.